The van der Waals surface area contributed by atoms with Gasteiger partial charge < -0.3 is 10.1 Å². The molecule has 0 aliphatic rings. The van der Waals surface area contributed by atoms with Crippen molar-refractivity contribution in [2.24, 2.45) is 5.41 Å². The number of aromatic amines is 1. The molecule has 1 heterocycles. The molecule has 0 saturated heterocycles. The lowest BCUT2D eigenvalue weighted by atomic mass is 9.86. The van der Waals surface area contributed by atoms with Crippen molar-refractivity contribution in [1.82, 2.24) is 15.5 Å². The average molecular weight is 253 g/mol. The number of carbonyl (C=O) groups excluding carboxylic acids is 2. The maximum atomic E-state index is 11.9. The molecule has 0 saturated carbocycles. The molecule has 1 atom stereocenters. The third-order valence-electron chi connectivity index (χ3n) is 2.52. The van der Waals surface area contributed by atoms with E-state index in [1.165, 1.54) is 7.11 Å². The van der Waals surface area contributed by atoms with Crippen molar-refractivity contribution in [2.75, 3.05) is 7.11 Å². The van der Waals surface area contributed by atoms with Gasteiger partial charge in [0.2, 0.25) is 0 Å². The number of ether oxygens (including phenoxy) is 1. The van der Waals surface area contributed by atoms with Crippen LogP contribution in [0.1, 0.15) is 37.0 Å². The highest BCUT2D eigenvalue weighted by Gasteiger charge is 2.34. The number of hydrogen-bond donors (Lipinski definition) is 2. The highest BCUT2D eigenvalue weighted by atomic mass is 16.5. The molecule has 0 spiro atoms. The Balaban J connectivity index is 2.85. The van der Waals surface area contributed by atoms with E-state index >= 15 is 0 Å². The predicted octanol–water partition coefficient (Wildman–Crippen LogP) is 1.04. The van der Waals surface area contributed by atoms with E-state index in [1.807, 2.05) is 20.8 Å². The van der Waals surface area contributed by atoms with Crippen LogP contribution in [0.15, 0.2) is 6.07 Å². The summed E-state index contributed by atoms with van der Waals surface area (Å²) in [6.45, 7) is 7.35. The maximum Gasteiger partial charge on any atom is 0.328 e. The van der Waals surface area contributed by atoms with E-state index in [9.17, 15) is 9.59 Å². The van der Waals surface area contributed by atoms with Gasteiger partial charge in [0.15, 0.2) is 0 Å². The molecule has 0 radical (unpaired) electrons. The van der Waals surface area contributed by atoms with Gasteiger partial charge in [0.1, 0.15) is 11.7 Å². The van der Waals surface area contributed by atoms with Gasteiger partial charge in [-0.3, -0.25) is 9.89 Å². The lowest BCUT2D eigenvalue weighted by Gasteiger charge is -2.28. The molecule has 0 bridgehead atoms. The van der Waals surface area contributed by atoms with Gasteiger partial charge in [0.25, 0.3) is 5.91 Å². The van der Waals surface area contributed by atoms with E-state index in [0.29, 0.717) is 0 Å². The van der Waals surface area contributed by atoms with Gasteiger partial charge in [0, 0.05) is 5.69 Å². The molecule has 1 rings (SSSR count). The zero-order chi connectivity index (χ0) is 13.9. The van der Waals surface area contributed by atoms with Gasteiger partial charge in [-0.15, -0.1) is 0 Å². The number of carbonyl (C=O) groups is 2. The van der Waals surface area contributed by atoms with Crippen molar-refractivity contribution < 1.29 is 14.3 Å². The molecule has 0 unspecified atom stereocenters. The second-order valence-corrected chi connectivity index (χ2v) is 5.23. The fourth-order valence-electron chi connectivity index (χ4n) is 1.49. The standard InChI is InChI=1S/C12H19N3O3/c1-7-6-8(15-14-7)10(16)13-9(11(17)18-5)12(2,3)4/h6,9H,1-5H3,(H,13,16)(H,14,15)/t9-/m0/s1. The number of methoxy groups -OCH3 is 1. The summed E-state index contributed by atoms with van der Waals surface area (Å²) < 4.78 is 4.70. The number of nitrogens with zero attached hydrogens (tertiary/aromatic N) is 1. The highest BCUT2D eigenvalue weighted by molar-refractivity contribution is 5.95. The smallest absolute Gasteiger partial charge is 0.328 e. The SMILES string of the molecule is COC(=O)[C@H](NC(=O)c1cc(C)[nH]n1)C(C)(C)C. The van der Waals surface area contributed by atoms with Gasteiger partial charge in [-0.05, 0) is 18.4 Å². The number of aryl methyl sites for hydroxylation is 1. The van der Waals surface area contributed by atoms with Gasteiger partial charge in [-0.2, -0.15) is 5.10 Å². The first-order valence-electron chi connectivity index (χ1n) is 5.66. The third kappa shape index (κ3) is 3.32. The summed E-state index contributed by atoms with van der Waals surface area (Å²) in [6.07, 6.45) is 0. The first kappa shape index (κ1) is 14.2. The van der Waals surface area contributed by atoms with E-state index in [4.69, 9.17) is 4.74 Å². The Hall–Kier alpha value is -1.85. The van der Waals surface area contributed by atoms with Crippen LogP contribution in [0.3, 0.4) is 0 Å². The van der Waals surface area contributed by atoms with E-state index in [-0.39, 0.29) is 5.69 Å². The van der Waals surface area contributed by atoms with Crippen LogP contribution in [-0.2, 0) is 9.53 Å². The molecular formula is C12H19N3O3. The Morgan fingerprint density at radius 3 is 2.44 bits per heavy atom. The van der Waals surface area contributed by atoms with Crippen LogP contribution < -0.4 is 5.32 Å². The monoisotopic (exact) mass is 253 g/mol. The summed E-state index contributed by atoms with van der Waals surface area (Å²) in [7, 11) is 1.30. The predicted molar refractivity (Wildman–Crippen MR) is 66.0 cm³/mol. The molecule has 0 aromatic carbocycles. The Bertz CT molecular complexity index is 446. The summed E-state index contributed by atoms with van der Waals surface area (Å²) in [5.41, 5.74) is 0.602. The van der Waals surface area contributed by atoms with E-state index in [1.54, 1.807) is 13.0 Å². The summed E-state index contributed by atoms with van der Waals surface area (Å²) >= 11 is 0. The quantitative estimate of drug-likeness (QED) is 0.788. The Kier molecular flexibility index (Phi) is 4.11. The van der Waals surface area contributed by atoms with Crippen LogP contribution in [-0.4, -0.2) is 35.2 Å². The van der Waals surface area contributed by atoms with E-state index in [0.717, 1.165) is 5.69 Å². The van der Waals surface area contributed by atoms with Crippen LogP contribution in [0.5, 0.6) is 0 Å². The highest BCUT2D eigenvalue weighted by Crippen LogP contribution is 2.20. The minimum Gasteiger partial charge on any atom is -0.467 e. The second-order valence-electron chi connectivity index (χ2n) is 5.23. The first-order chi connectivity index (χ1) is 8.25. The molecule has 1 aromatic heterocycles. The molecule has 0 fully saturated rings. The largest absolute Gasteiger partial charge is 0.467 e. The van der Waals surface area contributed by atoms with Gasteiger partial charge in [-0.25, -0.2) is 4.79 Å². The first-order valence-corrected chi connectivity index (χ1v) is 5.66. The van der Waals surface area contributed by atoms with Crippen LogP contribution in [0.2, 0.25) is 0 Å². The van der Waals surface area contributed by atoms with Crippen LogP contribution in [0.4, 0.5) is 0 Å². The number of hydrogen-bond acceptors (Lipinski definition) is 4. The molecule has 6 nitrogen and oxygen atoms in total. The Morgan fingerprint density at radius 2 is 2.06 bits per heavy atom. The zero-order valence-corrected chi connectivity index (χ0v) is 11.3. The molecule has 2 N–H and O–H groups in total. The van der Waals surface area contributed by atoms with E-state index < -0.39 is 23.3 Å². The van der Waals surface area contributed by atoms with Crippen molar-refractivity contribution in [3.63, 3.8) is 0 Å². The van der Waals surface area contributed by atoms with Crippen LogP contribution in [0, 0.1) is 12.3 Å². The third-order valence-corrected chi connectivity index (χ3v) is 2.52. The molecule has 1 aromatic rings. The normalized spacial score (nSPS) is 12.9. The minimum atomic E-state index is -0.716. The summed E-state index contributed by atoms with van der Waals surface area (Å²) in [5.74, 6) is -0.868. The number of rotatable bonds is 3. The molecule has 100 valence electrons. The average Bonchev–Trinajstić information content (AvgIpc) is 2.70. The minimum absolute atomic E-state index is 0.255. The van der Waals surface area contributed by atoms with Crippen molar-refractivity contribution in [3.05, 3.63) is 17.5 Å². The molecular weight excluding hydrogens is 234 g/mol. The Labute approximate surface area is 106 Å². The van der Waals surface area contributed by atoms with Crippen LogP contribution >= 0.6 is 0 Å². The maximum absolute atomic E-state index is 11.9. The van der Waals surface area contributed by atoms with Gasteiger partial charge in [0.05, 0.1) is 7.11 Å². The van der Waals surface area contributed by atoms with Crippen LogP contribution in [0.25, 0.3) is 0 Å². The van der Waals surface area contributed by atoms with Crippen molar-refractivity contribution in [3.8, 4) is 0 Å². The molecule has 0 aliphatic heterocycles. The molecule has 18 heavy (non-hydrogen) atoms. The van der Waals surface area contributed by atoms with Crippen molar-refractivity contribution in [2.45, 2.75) is 33.7 Å². The fraction of sp³-hybridized carbons (Fsp3) is 0.583. The van der Waals surface area contributed by atoms with E-state index in [2.05, 4.69) is 15.5 Å². The lowest BCUT2D eigenvalue weighted by Crippen LogP contribution is -2.49. The molecule has 6 heteroatoms. The Morgan fingerprint density at radius 1 is 1.44 bits per heavy atom. The summed E-state index contributed by atoms with van der Waals surface area (Å²) in [6, 6.07) is 0.902. The van der Waals surface area contributed by atoms with Gasteiger partial charge >= 0.3 is 5.97 Å². The zero-order valence-electron chi connectivity index (χ0n) is 11.3. The number of esters is 1. The summed E-state index contributed by atoms with van der Waals surface area (Å²) in [5, 5.41) is 9.17. The molecule has 1 amide bonds. The number of amides is 1. The number of nitrogens with one attached hydrogen (secondary N) is 2. The molecule has 0 aliphatic carbocycles. The van der Waals surface area contributed by atoms with Crippen molar-refractivity contribution >= 4 is 11.9 Å². The topological polar surface area (TPSA) is 84.1 Å². The fourth-order valence-corrected chi connectivity index (χ4v) is 1.49. The second kappa shape index (κ2) is 5.20. The summed E-state index contributed by atoms with van der Waals surface area (Å²) in [4.78, 5) is 23.6. The lowest BCUT2D eigenvalue weighted by molar-refractivity contribution is -0.145. The number of aromatic nitrogens is 2. The van der Waals surface area contributed by atoms with Crippen molar-refractivity contribution in [1.29, 1.82) is 0 Å². The number of H-pyrrole nitrogens is 1. The van der Waals surface area contributed by atoms with Gasteiger partial charge in [-0.1, -0.05) is 20.8 Å².